The van der Waals surface area contributed by atoms with E-state index in [9.17, 15) is 0 Å². The van der Waals surface area contributed by atoms with E-state index in [0.717, 1.165) is 105 Å². The molecule has 0 saturated carbocycles. The fourth-order valence-electron chi connectivity index (χ4n) is 12.9. The summed E-state index contributed by atoms with van der Waals surface area (Å²) in [5.74, 6) is 3.79. The van der Waals surface area contributed by atoms with Crippen molar-refractivity contribution in [3.05, 3.63) is 234 Å². The molecule has 412 valence electrons. The second-order valence-corrected chi connectivity index (χ2v) is 24.0. The fourth-order valence-corrected chi connectivity index (χ4v) is 12.9. The molecule has 0 bridgehead atoms. The first-order valence-corrected chi connectivity index (χ1v) is 29.7. The van der Waals surface area contributed by atoms with Crippen molar-refractivity contribution in [3.8, 4) is 67.9 Å². The van der Waals surface area contributed by atoms with Crippen molar-refractivity contribution in [2.75, 3.05) is 0 Å². The third kappa shape index (κ3) is 8.84. The summed E-state index contributed by atoms with van der Waals surface area (Å²) in [6.45, 7) is 22.5. The van der Waals surface area contributed by atoms with Crippen molar-refractivity contribution in [3.63, 3.8) is 0 Å². The topological polar surface area (TPSA) is 70.9 Å². The van der Waals surface area contributed by atoms with E-state index in [4.69, 9.17) is 24.1 Å². The van der Waals surface area contributed by atoms with E-state index in [0.29, 0.717) is 11.5 Å². The van der Waals surface area contributed by atoms with Crippen LogP contribution in [0.4, 0.5) is 0 Å². The van der Waals surface area contributed by atoms with Crippen LogP contribution >= 0.6 is 0 Å². The standard InChI is InChI=1S/C77H67N5O2/c1-44(2)61-38-53(50-22-13-11-14-23-50)39-62(45(3)4)72(61)81-70-30-19-17-28-68(70)79-76(81)52-26-21-27-55(37-52)83-56-42-66-60-35-33-58-59(34-32-57-49(10)78-48(9)36-65(57)58)74(60)84-75(66)67(43-56)77-80-69-29-18-20-31-71(69)82(77)73-63(46(5)6)40-54(41-64(73)47(7)8)51-24-15-12-16-25-51/h11-47H,1-10H3. The molecule has 0 fully saturated rings. The Morgan fingerprint density at radius 1 is 0.357 bits per heavy atom. The fraction of sp³-hybridized carbons (Fsp3) is 0.182. The minimum atomic E-state index is 0.183. The largest absolute Gasteiger partial charge is 0.457 e. The van der Waals surface area contributed by atoms with E-state index in [1.807, 2.05) is 6.07 Å². The van der Waals surface area contributed by atoms with Gasteiger partial charge in [-0.15, -0.1) is 0 Å². The first-order valence-electron chi connectivity index (χ1n) is 29.7. The van der Waals surface area contributed by atoms with Gasteiger partial charge in [0.1, 0.15) is 34.3 Å². The van der Waals surface area contributed by atoms with Crippen LogP contribution in [-0.4, -0.2) is 24.1 Å². The number of rotatable bonds is 12. The van der Waals surface area contributed by atoms with Gasteiger partial charge in [0.25, 0.3) is 0 Å². The molecule has 10 aromatic carbocycles. The number of hydrogen-bond donors (Lipinski definition) is 0. The summed E-state index contributed by atoms with van der Waals surface area (Å²) in [6, 6.07) is 71.8. The smallest absolute Gasteiger partial charge is 0.149 e. The third-order valence-corrected chi connectivity index (χ3v) is 17.0. The van der Waals surface area contributed by atoms with E-state index in [1.165, 1.54) is 50.2 Å². The highest BCUT2D eigenvalue weighted by molar-refractivity contribution is 6.22. The van der Waals surface area contributed by atoms with Gasteiger partial charge in [-0.25, -0.2) is 9.97 Å². The predicted molar refractivity (Wildman–Crippen MR) is 350 cm³/mol. The molecular formula is C77H67N5O2. The SMILES string of the molecule is Cc1cc2c(ccc3c2ccc2c4cc(Oc5cccc(-c6nc7ccccc7n6-c6c(C(C)C)cc(-c7ccccc7)cc6C(C)C)c5)cc(-c5nc6ccccc6n5-c5c(C(C)C)cc(-c6ccccc6)cc5C(C)C)c4oc23)c(C)n1. The van der Waals surface area contributed by atoms with Crippen molar-refractivity contribution < 1.29 is 9.15 Å². The highest BCUT2D eigenvalue weighted by Gasteiger charge is 2.29. The number of pyridine rings is 1. The van der Waals surface area contributed by atoms with Crippen LogP contribution in [0.2, 0.25) is 0 Å². The number of ether oxygens (including phenoxy) is 1. The molecule has 0 unspecified atom stereocenters. The van der Waals surface area contributed by atoms with E-state index >= 15 is 0 Å². The van der Waals surface area contributed by atoms with E-state index < -0.39 is 0 Å². The molecule has 14 rings (SSSR count). The average molecular weight is 1090 g/mol. The lowest BCUT2D eigenvalue weighted by atomic mass is 9.88. The van der Waals surface area contributed by atoms with Crippen molar-refractivity contribution in [2.45, 2.75) is 92.9 Å². The normalized spacial score (nSPS) is 12.1. The first kappa shape index (κ1) is 52.5. The zero-order valence-electron chi connectivity index (χ0n) is 49.4. The zero-order valence-corrected chi connectivity index (χ0v) is 49.4. The number of aromatic nitrogens is 5. The van der Waals surface area contributed by atoms with Gasteiger partial charge in [-0.1, -0.05) is 165 Å². The maximum atomic E-state index is 7.40. The van der Waals surface area contributed by atoms with Crippen LogP contribution in [0.25, 0.3) is 122 Å². The molecule has 0 saturated heterocycles. The maximum Gasteiger partial charge on any atom is 0.149 e. The molecule has 7 heteroatoms. The van der Waals surface area contributed by atoms with E-state index in [1.54, 1.807) is 0 Å². The van der Waals surface area contributed by atoms with Crippen molar-refractivity contribution >= 4 is 65.6 Å². The highest BCUT2D eigenvalue weighted by atomic mass is 16.5. The van der Waals surface area contributed by atoms with E-state index in [-0.39, 0.29) is 23.7 Å². The number of nitrogens with zero attached hydrogens (tertiary/aromatic N) is 5. The molecule has 0 aliphatic heterocycles. The number of benzene rings is 10. The van der Waals surface area contributed by atoms with Crippen LogP contribution in [0.3, 0.4) is 0 Å². The van der Waals surface area contributed by atoms with Crippen LogP contribution < -0.4 is 4.74 Å². The Labute approximate surface area is 490 Å². The average Bonchev–Trinajstić information content (AvgIpc) is 2.02. The van der Waals surface area contributed by atoms with Gasteiger partial charge in [-0.2, -0.15) is 0 Å². The van der Waals surface area contributed by atoms with Crippen LogP contribution in [0.1, 0.15) is 113 Å². The molecule has 0 spiro atoms. The molecule has 0 aliphatic rings. The summed E-state index contributed by atoms with van der Waals surface area (Å²) in [6.07, 6.45) is 0. The second-order valence-electron chi connectivity index (χ2n) is 24.0. The van der Waals surface area contributed by atoms with Crippen LogP contribution in [0.5, 0.6) is 11.5 Å². The Morgan fingerprint density at radius 3 is 1.39 bits per heavy atom. The highest BCUT2D eigenvalue weighted by Crippen LogP contribution is 2.47. The van der Waals surface area contributed by atoms with Crippen LogP contribution in [0, 0.1) is 13.8 Å². The summed E-state index contributed by atoms with van der Waals surface area (Å²) in [4.78, 5) is 15.9. The molecule has 4 heterocycles. The lowest BCUT2D eigenvalue weighted by Gasteiger charge is -2.24. The van der Waals surface area contributed by atoms with Gasteiger partial charge < -0.3 is 9.15 Å². The monoisotopic (exact) mass is 1090 g/mol. The molecule has 0 N–H and O–H groups in total. The minimum Gasteiger partial charge on any atom is -0.457 e. The molecular weight excluding hydrogens is 1030 g/mol. The molecule has 0 radical (unpaired) electrons. The number of para-hydroxylation sites is 4. The van der Waals surface area contributed by atoms with Crippen molar-refractivity contribution in [2.24, 2.45) is 0 Å². The van der Waals surface area contributed by atoms with Gasteiger partial charge >= 0.3 is 0 Å². The van der Waals surface area contributed by atoms with E-state index in [2.05, 4.69) is 272 Å². The number of aryl methyl sites for hydroxylation is 2. The summed E-state index contributed by atoms with van der Waals surface area (Å²) in [5.41, 5.74) is 21.4. The number of furan rings is 1. The molecule has 0 aliphatic carbocycles. The summed E-state index contributed by atoms with van der Waals surface area (Å²) >= 11 is 0. The summed E-state index contributed by atoms with van der Waals surface area (Å²) in [5, 5.41) is 6.38. The predicted octanol–water partition coefficient (Wildman–Crippen LogP) is 21.5. The van der Waals surface area contributed by atoms with Crippen LogP contribution in [0.15, 0.2) is 205 Å². The number of fused-ring (bicyclic) bond motifs is 9. The van der Waals surface area contributed by atoms with Gasteiger partial charge in [0.2, 0.25) is 0 Å². The Morgan fingerprint density at radius 2 is 0.833 bits per heavy atom. The number of imidazole rings is 2. The lowest BCUT2D eigenvalue weighted by Crippen LogP contribution is -2.09. The summed E-state index contributed by atoms with van der Waals surface area (Å²) < 4.78 is 19.5. The molecule has 0 atom stereocenters. The zero-order chi connectivity index (χ0) is 57.7. The molecule has 84 heavy (non-hydrogen) atoms. The summed E-state index contributed by atoms with van der Waals surface area (Å²) in [7, 11) is 0. The minimum absolute atomic E-state index is 0.183. The molecule has 4 aromatic heterocycles. The van der Waals surface area contributed by atoms with Gasteiger partial charge in [0.05, 0.1) is 39.0 Å². The van der Waals surface area contributed by atoms with Gasteiger partial charge in [0.15, 0.2) is 0 Å². The van der Waals surface area contributed by atoms with Crippen molar-refractivity contribution in [1.29, 1.82) is 0 Å². The Kier molecular flexibility index (Phi) is 12.9. The quantitative estimate of drug-likeness (QED) is 0.114. The Balaban J connectivity index is 0.997. The number of hydrogen-bond acceptors (Lipinski definition) is 5. The van der Waals surface area contributed by atoms with Gasteiger partial charge in [-0.3, -0.25) is 14.1 Å². The van der Waals surface area contributed by atoms with Gasteiger partial charge in [0, 0.05) is 38.5 Å². The maximum absolute atomic E-state index is 7.40. The Bertz CT molecular complexity index is 4840. The molecule has 0 amide bonds. The van der Waals surface area contributed by atoms with Gasteiger partial charge in [-0.05, 0) is 184 Å². The Hall–Kier alpha value is -9.59. The molecule has 7 nitrogen and oxygen atoms in total. The third-order valence-electron chi connectivity index (χ3n) is 17.0. The second kappa shape index (κ2) is 20.7. The first-order chi connectivity index (χ1) is 40.8. The van der Waals surface area contributed by atoms with Crippen molar-refractivity contribution in [1.82, 2.24) is 24.1 Å². The van der Waals surface area contributed by atoms with Crippen LogP contribution in [-0.2, 0) is 0 Å². The molecule has 14 aromatic rings. The lowest BCUT2D eigenvalue weighted by molar-refractivity contribution is 0.483.